The van der Waals surface area contributed by atoms with Gasteiger partial charge in [0.1, 0.15) is 0 Å². The molecule has 2 N–H and O–H groups in total. The molecule has 0 atom stereocenters. The maximum Gasteiger partial charge on any atom is 0.251 e. The molecule has 20 heavy (non-hydrogen) atoms. The van der Waals surface area contributed by atoms with Crippen molar-refractivity contribution in [3.05, 3.63) is 35.4 Å². The second-order valence-electron chi connectivity index (χ2n) is 5.66. The fourth-order valence-corrected chi connectivity index (χ4v) is 2.75. The molecule has 110 valence electrons. The lowest BCUT2D eigenvalue weighted by atomic mass is 9.97. The molecule has 1 aliphatic rings. The fourth-order valence-electron chi connectivity index (χ4n) is 2.75. The number of benzene rings is 1. The lowest BCUT2D eigenvalue weighted by Gasteiger charge is -2.23. The van der Waals surface area contributed by atoms with Crippen LogP contribution in [0.3, 0.4) is 0 Å². The van der Waals surface area contributed by atoms with E-state index in [1.807, 2.05) is 18.2 Å². The number of piperidine rings is 1. The Balaban J connectivity index is 1.90. The molecule has 1 amide bonds. The monoisotopic (exact) mass is 274 g/mol. The molecule has 0 saturated carbocycles. The summed E-state index contributed by atoms with van der Waals surface area (Å²) < 4.78 is 0. The summed E-state index contributed by atoms with van der Waals surface area (Å²) in [6.07, 6.45) is 5.62. The van der Waals surface area contributed by atoms with Crippen molar-refractivity contribution in [3.8, 4) is 0 Å². The highest BCUT2D eigenvalue weighted by Crippen LogP contribution is 2.14. The molecule has 0 bridgehead atoms. The molecule has 0 aliphatic carbocycles. The van der Waals surface area contributed by atoms with E-state index >= 15 is 0 Å². The van der Waals surface area contributed by atoms with Gasteiger partial charge in [0.2, 0.25) is 0 Å². The van der Waals surface area contributed by atoms with Gasteiger partial charge in [0.25, 0.3) is 5.91 Å². The van der Waals surface area contributed by atoms with Gasteiger partial charge in [0, 0.05) is 12.1 Å². The van der Waals surface area contributed by atoms with Crippen LogP contribution in [-0.4, -0.2) is 25.5 Å². The van der Waals surface area contributed by atoms with E-state index in [0.717, 1.165) is 57.3 Å². The molecule has 1 fully saturated rings. The first-order valence-corrected chi connectivity index (χ1v) is 7.88. The summed E-state index contributed by atoms with van der Waals surface area (Å²) in [5, 5.41) is 6.47. The molecule has 0 radical (unpaired) electrons. The fraction of sp³-hybridized carbons (Fsp3) is 0.588. The van der Waals surface area contributed by atoms with Crippen LogP contribution >= 0.6 is 0 Å². The van der Waals surface area contributed by atoms with Gasteiger partial charge in [-0.1, -0.05) is 31.5 Å². The number of carbonyl (C=O) groups excluding carboxylic acids is 1. The zero-order valence-corrected chi connectivity index (χ0v) is 12.5. The highest BCUT2D eigenvalue weighted by molar-refractivity contribution is 5.95. The Morgan fingerprint density at radius 1 is 1.30 bits per heavy atom. The van der Waals surface area contributed by atoms with E-state index in [0.29, 0.717) is 5.92 Å². The van der Waals surface area contributed by atoms with Crippen LogP contribution in [0.1, 0.15) is 48.5 Å². The van der Waals surface area contributed by atoms with Gasteiger partial charge in [0.05, 0.1) is 0 Å². The van der Waals surface area contributed by atoms with Gasteiger partial charge in [-0.05, 0) is 56.3 Å². The summed E-state index contributed by atoms with van der Waals surface area (Å²) in [5.74, 6) is 0.721. The lowest BCUT2D eigenvalue weighted by molar-refractivity contribution is 0.0943. The number of hydrogen-bond donors (Lipinski definition) is 2. The molecule has 0 aromatic heterocycles. The number of rotatable bonds is 6. The highest BCUT2D eigenvalue weighted by atomic mass is 16.1. The minimum atomic E-state index is 0.0928. The first-order chi connectivity index (χ1) is 9.81. The molecule has 2 rings (SSSR count). The van der Waals surface area contributed by atoms with Gasteiger partial charge in [0.15, 0.2) is 0 Å². The van der Waals surface area contributed by atoms with Crippen molar-refractivity contribution in [1.29, 1.82) is 0 Å². The molecule has 1 aromatic carbocycles. The van der Waals surface area contributed by atoms with Crippen LogP contribution in [0.2, 0.25) is 0 Å². The van der Waals surface area contributed by atoms with Crippen molar-refractivity contribution in [2.24, 2.45) is 5.92 Å². The highest BCUT2D eigenvalue weighted by Gasteiger charge is 2.15. The summed E-state index contributed by atoms with van der Waals surface area (Å²) in [6.45, 7) is 5.14. The molecular formula is C17H26N2O. The second-order valence-corrected chi connectivity index (χ2v) is 5.66. The van der Waals surface area contributed by atoms with Crippen molar-refractivity contribution in [2.75, 3.05) is 19.6 Å². The van der Waals surface area contributed by atoms with E-state index in [-0.39, 0.29) is 5.91 Å². The van der Waals surface area contributed by atoms with Gasteiger partial charge in [-0.15, -0.1) is 0 Å². The predicted octanol–water partition coefficient (Wildman–Crippen LogP) is 2.76. The molecule has 1 saturated heterocycles. The van der Waals surface area contributed by atoms with Crippen LogP contribution in [0, 0.1) is 5.92 Å². The normalized spacial score (nSPS) is 16.1. The Hall–Kier alpha value is -1.35. The average molecular weight is 274 g/mol. The summed E-state index contributed by atoms with van der Waals surface area (Å²) in [5.41, 5.74) is 2.03. The number of amides is 1. The Morgan fingerprint density at radius 3 is 2.80 bits per heavy atom. The van der Waals surface area contributed by atoms with Gasteiger partial charge >= 0.3 is 0 Å². The zero-order chi connectivity index (χ0) is 14.2. The van der Waals surface area contributed by atoms with Crippen molar-refractivity contribution in [1.82, 2.24) is 10.6 Å². The maximum absolute atomic E-state index is 12.3. The van der Waals surface area contributed by atoms with Crippen molar-refractivity contribution in [3.63, 3.8) is 0 Å². The number of aryl methyl sites for hydroxylation is 1. The third-order valence-electron chi connectivity index (χ3n) is 4.07. The third-order valence-corrected chi connectivity index (χ3v) is 4.07. The van der Waals surface area contributed by atoms with Crippen LogP contribution in [0.5, 0.6) is 0 Å². The number of nitrogens with one attached hydrogen (secondary N) is 2. The minimum absolute atomic E-state index is 0.0928. The molecule has 3 nitrogen and oxygen atoms in total. The summed E-state index contributed by atoms with van der Waals surface area (Å²) in [4.78, 5) is 12.3. The number of carbonyl (C=O) groups is 1. The molecule has 0 unspecified atom stereocenters. The standard InChI is InChI=1S/C17H26N2O/c1-2-3-6-15-7-4-5-8-16(15)17(20)19-13-14-9-11-18-12-10-14/h4-5,7-8,14,18H,2-3,6,9-13H2,1H3,(H,19,20). The number of hydrogen-bond acceptors (Lipinski definition) is 2. The number of unbranched alkanes of at least 4 members (excludes halogenated alkanes) is 1. The van der Waals surface area contributed by atoms with Crippen molar-refractivity contribution < 1.29 is 4.79 Å². The smallest absolute Gasteiger partial charge is 0.251 e. The van der Waals surface area contributed by atoms with Crippen molar-refractivity contribution in [2.45, 2.75) is 39.0 Å². The van der Waals surface area contributed by atoms with E-state index in [9.17, 15) is 4.79 Å². The van der Waals surface area contributed by atoms with Gasteiger partial charge < -0.3 is 10.6 Å². The second kappa shape index (κ2) is 8.05. The average Bonchev–Trinajstić information content (AvgIpc) is 2.52. The van der Waals surface area contributed by atoms with E-state index in [1.165, 1.54) is 5.56 Å². The van der Waals surface area contributed by atoms with E-state index in [2.05, 4.69) is 23.6 Å². The van der Waals surface area contributed by atoms with Crippen LogP contribution in [0.15, 0.2) is 24.3 Å². The molecule has 0 spiro atoms. The first-order valence-electron chi connectivity index (χ1n) is 7.88. The third kappa shape index (κ3) is 4.34. The summed E-state index contributed by atoms with van der Waals surface area (Å²) >= 11 is 0. The SMILES string of the molecule is CCCCc1ccccc1C(=O)NCC1CCNCC1. The van der Waals surface area contributed by atoms with Crippen LogP contribution < -0.4 is 10.6 Å². The molecule has 1 heterocycles. The van der Waals surface area contributed by atoms with E-state index in [1.54, 1.807) is 0 Å². The minimum Gasteiger partial charge on any atom is -0.352 e. The zero-order valence-electron chi connectivity index (χ0n) is 12.5. The topological polar surface area (TPSA) is 41.1 Å². The Bertz CT molecular complexity index is 425. The molecular weight excluding hydrogens is 248 g/mol. The molecule has 1 aliphatic heterocycles. The van der Waals surface area contributed by atoms with Crippen LogP contribution in [-0.2, 0) is 6.42 Å². The molecule has 3 heteroatoms. The van der Waals surface area contributed by atoms with Gasteiger partial charge in [-0.3, -0.25) is 4.79 Å². The largest absolute Gasteiger partial charge is 0.352 e. The van der Waals surface area contributed by atoms with Gasteiger partial charge in [-0.25, -0.2) is 0 Å². The maximum atomic E-state index is 12.3. The van der Waals surface area contributed by atoms with Gasteiger partial charge in [-0.2, -0.15) is 0 Å². The first kappa shape index (κ1) is 15.0. The Morgan fingerprint density at radius 2 is 2.05 bits per heavy atom. The van der Waals surface area contributed by atoms with E-state index in [4.69, 9.17) is 0 Å². The molecule has 1 aromatic rings. The Labute approximate surface area is 122 Å². The van der Waals surface area contributed by atoms with Crippen LogP contribution in [0.4, 0.5) is 0 Å². The lowest BCUT2D eigenvalue weighted by Crippen LogP contribution is -2.36. The van der Waals surface area contributed by atoms with E-state index < -0.39 is 0 Å². The van der Waals surface area contributed by atoms with Crippen LogP contribution in [0.25, 0.3) is 0 Å². The Kier molecular flexibility index (Phi) is 6.06. The predicted molar refractivity (Wildman–Crippen MR) is 83.0 cm³/mol. The van der Waals surface area contributed by atoms with Crippen molar-refractivity contribution >= 4 is 5.91 Å². The quantitative estimate of drug-likeness (QED) is 0.837. The summed E-state index contributed by atoms with van der Waals surface area (Å²) in [6, 6.07) is 8.00. The summed E-state index contributed by atoms with van der Waals surface area (Å²) in [7, 11) is 0.